The first-order chi connectivity index (χ1) is 11.9. The number of rotatable bonds is 4. The molecule has 1 amide bonds. The first-order valence-corrected chi connectivity index (χ1v) is 7.99. The Balaban J connectivity index is 1.87. The van der Waals surface area contributed by atoms with Crippen molar-refractivity contribution in [2.45, 2.75) is 6.92 Å². The van der Waals surface area contributed by atoms with Crippen LogP contribution >= 0.6 is 11.3 Å². The second kappa shape index (κ2) is 6.89. The number of aromatic nitrogens is 3. The Hall–Kier alpha value is -2.94. The zero-order valence-electron chi connectivity index (χ0n) is 13.3. The Bertz CT molecular complexity index is 897. The molecule has 3 rings (SSSR count). The lowest BCUT2D eigenvalue weighted by Crippen LogP contribution is -2.15. The number of thiazole rings is 1. The van der Waals surface area contributed by atoms with Crippen LogP contribution in [-0.4, -0.2) is 27.9 Å². The van der Waals surface area contributed by atoms with Gasteiger partial charge in [0.15, 0.2) is 5.13 Å². The summed E-state index contributed by atoms with van der Waals surface area (Å²) in [5, 5.41) is 2.12. The van der Waals surface area contributed by atoms with Crippen molar-refractivity contribution in [2.24, 2.45) is 0 Å². The fourth-order valence-corrected chi connectivity index (χ4v) is 2.80. The van der Waals surface area contributed by atoms with Crippen molar-refractivity contribution in [3.63, 3.8) is 0 Å². The number of carbonyl (C=O) groups is 1. The zero-order chi connectivity index (χ0) is 18.0. The number of carbonyl (C=O) groups excluding carboxylic acids is 1. The van der Waals surface area contributed by atoms with Crippen LogP contribution in [0.15, 0.2) is 36.9 Å². The highest BCUT2D eigenvalue weighted by atomic mass is 32.1. The van der Waals surface area contributed by atoms with E-state index in [1.165, 1.54) is 25.4 Å². The van der Waals surface area contributed by atoms with Gasteiger partial charge >= 0.3 is 0 Å². The van der Waals surface area contributed by atoms with Crippen molar-refractivity contribution in [1.82, 2.24) is 15.0 Å². The lowest BCUT2D eigenvalue weighted by atomic mass is 10.1. The lowest BCUT2D eigenvalue weighted by molar-refractivity contribution is 0.102. The minimum atomic E-state index is -0.577. The van der Waals surface area contributed by atoms with Crippen LogP contribution in [0.25, 0.3) is 0 Å². The van der Waals surface area contributed by atoms with Gasteiger partial charge in [-0.1, -0.05) is 11.3 Å². The van der Waals surface area contributed by atoms with Gasteiger partial charge in [0, 0.05) is 18.3 Å². The molecular weight excluding hydrogens is 348 g/mol. The van der Waals surface area contributed by atoms with E-state index in [1.807, 2.05) is 0 Å². The highest BCUT2D eigenvalue weighted by Gasteiger charge is 2.15. The van der Waals surface area contributed by atoms with E-state index in [0.717, 1.165) is 17.4 Å². The number of halogens is 2. The quantitative estimate of drug-likeness (QED) is 0.770. The van der Waals surface area contributed by atoms with Gasteiger partial charge in [-0.05, 0) is 25.1 Å². The summed E-state index contributed by atoms with van der Waals surface area (Å²) < 4.78 is 27.3. The first kappa shape index (κ1) is 16.9. The fraction of sp³-hybridized carbons (Fsp3) is 0.125. The van der Waals surface area contributed by atoms with Gasteiger partial charge in [0.1, 0.15) is 12.1 Å². The maximum Gasteiger partial charge on any atom is 0.257 e. The Morgan fingerprint density at radius 2 is 1.88 bits per heavy atom. The molecule has 128 valence electrons. The van der Waals surface area contributed by atoms with Crippen LogP contribution < -0.4 is 10.2 Å². The molecule has 6 nitrogen and oxygen atoms in total. The minimum Gasteiger partial charge on any atom is -0.342 e. The Labute approximate surface area is 146 Å². The molecule has 0 bridgehead atoms. The zero-order valence-corrected chi connectivity index (χ0v) is 14.1. The first-order valence-electron chi connectivity index (χ1n) is 7.17. The highest BCUT2D eigenvalue weighted by Crippen LogP contribution is 2.25. The molecule has 25 heavy (non-hydrogen) atoms. The van der Waals surface area contributed by atoms with Gasteiger partial charge in [-0.2, -0.15) is 4.39 Å². The molecule has 0 fully saturated rings. The number of nitrogens with zero attached hydrogens (tertiary/aromatic N) is 4. The van der Waals surface area contributed by atoms with Crippen LogP contribution in [0.2, 0.25) is 0 Å². The van der Waals surface area contributed by atoms with Crippen LogP contribution in [0.4, 0.5) is 25.3 Å². The summed E-state index contributed by atoms with van der Waals surface area (Å²) in [6.45, 7) is 1.50. The summed E-state index contributed by atoms with van der Waals surface area (Å²) in [7, 11) is 1.70. The van der Waals surface area contributed by atoms with Crippen molar-refractivity contribution in [3.05, 3.63) is 59.1 Å². The Morgan fingerprint density at radius 1 is 1.16 bits per heavy atom. The second-order valence-electron chi connectivity index (χ2n) is 5.19. The molecular formula is C16H13F2N5OS. The smallest absolute Gasteiger partial charge is 0.257 e. The van der Waals surface area contributed by atoms with Crippen molar-refractivity contribution >= 4 is 33.8 Å². The standard InChI is InChI=1S/C16H13F2N5OS/c1-9-14(18)25-16(21-9)22-15(24)10-3-11(17)5-12(4-10)23(2)13-6-19-8-20-7-13/h3-8H,1-2H3,(H,21,22,24). The van der Waals surface area contributed by atoms with Gasteiger partial charge in [-0.25, -0.2) is 19.3 Å². The molecule has 0 saturated heterocycles. The normalized spacial score (nSPS) is 10.6. The van der Waals surface area contributed by atoms with Gasteiger partial charge in [-0.15, -0.1) is 0 Å². The number of amides is 1. The van der Waals surface area contributed by atoms with Crippen LogP contribution in [0, 0.1) is 17.9 Å². The van der Waals surface area contributed by atoms with Crippen molar-refractivity contribution in [2.75, 3.05) is 17.3 Å². The van der Waals surface area contributed by atoms with Crippen molar-refractivity contribution in [3.8, 4) is 0 Å². The average Bonchev–Trinajstić information content (AvgIpc) is 2.91. The van der Waals surface area contributed by atoms with E-state index in [1.54, 1.807) is 24.3 Å². The van der Waals surface area contributed by atoms with E-state index in [-0.39, 0.29) is 16.4 Å². The predicted molar refractivity (Wildman–Crippen MR) is 91.3 cm³/mol. The molecule has 2 heterocycles. The van der Waals surface area contributed by atoms with Crippen LogP contribution in [0.5, 0.6) is 0 Å². The topological polar surface area (TPSA) is 71.0 Å². The number of anilines is 3. The molecule has 0 aliphatic rings. The molecule has 0 atom stereocenters. The monoisotopic (exact) mass is 361 g/mol. The maximum atomic E-state index is 14.0. The maximum absolute atomic E-state index is 14.0. The van der Waals surface area contributed by atoms with E-state index in [4.69, 9.17) is 0 Å². The molecule has 1 N–H and O–H groups in total. The third kappa shape index (κ3) is 3.77. The molecule has 9 heteroatoms. The molecule has 0 radical (unpaired) electrons. The third-order valence-corrected chi connectivity index (χ3v) is 4.29. The molecule has 2 aromatic heterocycles. The summed E-state index contributed by atoms with van der Waals surface area (Å²) in [4.78, 5) is 25.7. The van der Waals surface area contributed by atoms with E-state index in [0.29, 0.717) is 11.4 Å². The average molecular weight is 361 g/mol. The summed E-state index contributed by atoms with van der Waals surface area (Å²) in [6, 6.07) is 3.91. The largest absolute Gasteiger partial charge is 0.342 e. The van der Waals surface area contributed by atoms with Gasteiger partial charge in [0.05, 0.1) is 23.8 Å². The molecule has 0 spiro atoms. The molecule has 0 aliphatic carbocycles. The molecule has 1 aromatic carbocycles. The van der Waals surface area contributed by atoms with Gasteiger partial charge < -0.3 is 4.90 Å². The van der Waals surface area contributed by atoms with Crippen molar-refractivity contribution < 1.29 is 13.6 Å². The highest BCUT2D eigenvalue weighted by molar-refractivity contribution is 7.14. The molecule has 0 saturated carbocycles. The molecule has 0 unspecified atom stereocenters. The van der Waals surface area contributed by atoms with Crippen molar-refractivity contribution in [1.29, 1.82) is 0 Å². The number of nitrogens with one attached hydrogen (secondary N) is 1. The number of hydrogen-bond acceptors (Lipinski definition) is 6. The number of hydrogen-bond donors (Lipinski definition) is 1. The summed E-state index contributed by atoms with van der Waals surface area (Å²) in [5.41, 5.74) is 1.37. The Morgan fingerprint density at radius 3 is 2.52 bits per heavy atom. The summed E-state index contributed by atoms with van der Waals surface area (Å²) in [6.07, 6.45) is 4.52. The summed E-state index contributed by atoms with van der Waals surface area (Å²) >= 11 is 0.719. The lowest BCUT2D eigenvalue weighted by Gasteiger charge is -2.19. The van der Waals surface area contributed by atoms with Gasteiger partial charge in [-0.3, -0.25) is 10.1 Å². The van der Waals surface area contributed by atoms with Gasteiger partial charge in [0.2, 0.25) is 5.13 Å². The minimum absolute atomic E-state index is 0.0898. The van der Waals surface area contributed by atoms with Crippen LogP contribution in [-0.2, 0) is 0 Å². The van der Waals surface area contributed by atoms with E-state index in [2.05, 4.69) is 20.3 Å². The summed E-state index contributed by atoms with van der Waals surface area (Å²) in [5.74, 6) is -1.15. The van der Waals surface area contributed by atoms with E-state index < -0.39 is 16.9 Å². The van der Waals surface area contributed by atoms with Crippen LogP contribution in [0.1, 0.15) is 16.1 Å². The fourth-order valence-electron chi connectivity index (χ4n) is 2.11. The van der Waals surface area contributed by atoms with Gasteiger partial charge in [0.25, 0.3) is 5.91 Å². The number of aryl methyl sites for hydroxylation is 1. The third-order valence-electron chi connectivity index (χ3n) is 3.43. The second-order valence-corrected chi connectivity index (χ2v) is 6.14. The van der Waals surface area contributed by atoms with E-state index in [9.17, 15) is 13.6 Å². The Kier molecular flexibility index (Phi) is 4.66. The molecule has 0 aliphatic heterocycles. The number of benzene rings is 1. The SMILES string of the molecule is Cc1nc(NC(=O)c2cc(F)cc(N(C)c3cncnc3)c2)sc1F. The van der Waals surface area contributed by atoms with Crippen LogP contribution in [0.3, 0.4) is 0 Å². The molecule has 3 aromatic rings. The van der Waals surface area contributed by atoms with E-state index >= 15 is 0 Å². The predicted octanol–water partition coefficient (Wildman–Crippen LogP) is 3.54.